The van der Waals surface area contributed by atoms with E-state index in [1.807, 2.05) is 0 Å². The summed E-state index contributed by atoms with van der Waals surface area (Å²) in [6.45, 7) is 4.41. The van der Waals surface area contributed by atoms with E-state index in [1.54, 1.807) is 0 Å². The second-order valence-electron chi connectivity index (χ2n) is 6.58. The summed E-state index contributed by atoms with van der Waals surface area (Å²) in [6, 6.07) is 0. The summed E-state index contributed by atoms with van der Waals surface area (Å²) in [6.07, 6.45) is 26.2. The maximum atomic E-state index is 2.44. The minimum absolute atomic E-state index is 1.02. The number of unbranched alkanes of at least 4 members (excludes halogenated alkanes) is 3. The SMILES string of the molecule is C/C=C/CCC1CCC(CC/C=C/CCCCC)CC1. The molecule has 0 bridgehead atoms. The Balaban J connectivity index is 1.99. The quantitative estimate of drug-likeness (QED) is 0.296. The summed E-state index contributed by atoms with van der Waals surface area (Å²) in [4.78, 5) is 0. The van der Waals surface area contributed by atoms with Crippen LogP contribution in [0, 0.1) is 11.8 Å². The van der Waals surface area contributed by atoms with Crippen molar-refractivity contribution in [1.82, 2.24) is 0 Å². The molecule has 0 aromatic rings. The number of rotatable bonds is 10. The molecular formula is C20H36. The van der Waals surface area contributed by atoms with Crippen molar-refractivity contribution in [2.45, 2.75) is 90.9 Å². The van der Waals surface area contributed by atoms with Crippen LogP contribution in [0.2, 0.25) is 0 Å². The van der Waals surface area contributed by atoms with Crippen LogP contribution in [0.4, 0.5) is 0 Å². The normalized spacial score (nSPS) is 23.9. The van der Waals surface area contributed by atoms with Gasteiger partial charge in [0.25, 0.3) is 0 Å². The molecule has 0 radical (unpaired) electrons. The Morgan fingerprint density at radius 2 is 1.30 bits per heavy atom. The van der Waals surface area contributed by atoms with Crippen LogP contribution in [0.25, 0.3) is 0 Å². The van der Waals surface area contributed by atoms with Gasteiger partial charge >= 0.3 is 0 Å². The van der Waals surface area contributed by atoms with Gasteiger partial charge in [-0.1, -0.05) is 69.8 Å². The van der Waals surface area contributed by atoms with Crippen LogP contribution in [0.15, 0.2) is 24.3 Å². The first kappa shape index (κ1) is 17.5. The van der Waals surface area contributed by atoms with Gasteiger partial charge in [-0.2, -0.15) is 0 Å². The average molecular weight is 277 g/mol. The summed E-state index contributed by atoms with van der Waals surface area (Å²) in [7, 11) is 0. The maximum absolute atomic E-state index is 2.44. The third kappa shape index (κ3) is 8.61. The van der Waals surface area contributed by atoms with Crippen LogP contribution >= 0.6 is 0 Å². The molecule has 116 valence electrons. The summed E-state index contributed by atoms with van der Waals surface area (Å²) in [5, 5.41) is 0. The molecule has 0 spiro atoms. The van der Waals surface area contributed by atoms with Gasteiger partial charge in [0.2, 0.25) is 0 Å². The van der Waals surface area contributed by atoms with Crippen molar-refractivity contribution in [1.29, 1.82) is 0 Å². The molecule has 1 fully saturated rings. The van der Waals surface area contributed by atoms with Gasteiger partial charge in [-0.15, -0.1) is 0 Å². The molecule has 1 saturated carbocycles. The van der Waals surface area contributed by atoms with E-state index in [-0.39, 0.29) is 0 Å². The molecule has 0 aromatic heterocycles. The van der Waals surface area contributed by atoms with Crippen LogP contribution in [0.1, 0.15) is 90.9 Å². The molecule has 1 aliphatic rings. The van der Waals surface area contributed by atoms with Crippen LogP contribution in [-0.2, 0) is 0 Å². The van der Waals surface area contributed by atoms with Crippen LogP contribution in [0.3, 0.4) is 0 Å². The standard InChI is InChI=1S/C20H36/c1-3-5-7-8-9-10-12-14-20-17-15-19(16-18-20)13-11-6-4-2/h4,6,9-10,19-20H,3,5,7-8,11-18H2,1-2H3/b6-4+,10-9+. The Labute approximate surface area is 127 Å². The fraction of sp³-hybridized carbons (Fsp3) is 0.800. The topological polar surface area (TPSA) is 0 Å². The second kappa shape index (κ2) is 12.2. The van der Waals surface area contributed by atoms with Crippen LogP contribution in [0.5, 0.6) is 0 Å². The smallest absolute Gasteiger partial charge is 0.0348 e. The zero-order chi connectivity index (χ0) is 14.5. The lowest BCUT2D eigenvalue weighted by atomic mass is 9.78. The highest BCUT2D eigenvalue weighted by molar-refractivity contribution is 4.84. The molecule has 0 N–H and O–H groups in total. The predicted molar refractivity (Wildman–Crippen MR) is 92.0 cm³/mol. The van der Waals surface area contributed by atoms with Gasteiger partial charge in [0, 0.05) is 0 Å². The molecule has 20 heavy (non-hydrogen) atoms. The van der Waals surface area contributed by atoms with Gasteiger partial charge in [0.15, 0.2) is 0 Å². The molecule has 0 atom stereocenters. The Hall–Kier alpha value is -0.520. The first-order chi connectivity index (χ1) is 9.86. The Bertz CT molecular complexity index is 253. The van der Waals surface area contributed by atoms with E-state index in [9.17, 15) is 0 Å². The van der Waals surface area contributed by atoms with Gasteiger partial charge in [-0.25, -0.2) is 0 Å². The lowest BCUT2D eigenvalue weighted by molar-refractivity contribution is 0.255. The van der Waals surface area contributed by atoms with Gasteiger partial charge in [0.1, 0.15) is 0 Å². The van der Waals surface area contributed by atoms with E-state index in [0.29, 0.717) is 0 Å². The highest BCUT2D eigenvalue weighted by atomic mass is 14.2. The van der Waals surface area contributed by atoms with Crippen molar-refractivity contribution >= 4 is 0 Å². The molecular weight excluding hydrogens is 240 g/mol. The number of hydrogen-bond acceptors (Lipinski definition) is 0. The molecule has 0 heteroatoms. The molecule has 1 aliphatic carbocycles. The molecule has 0 nitrogen and oxygen atoms in total. The maximum Gasteiger partial charge on any atom is -0.0348 e. The molecule has 0 amide bonds. The first-order valence-corrected chi connectivity index (χ1v) is 9.13. The number of allylic oxidation sites excluding steroid dienone is 4. The molecule has 0 unspecified atom stereocenters. The van der Waals surface area contributed by atoms with E-state index < -0.39 is 0 Å². The van der Waals surface area contributed by atoms with Crippen molar-refractivity contribution in [2.75, 3.05) is 0 Å². The van der Waals surface area contributed by atoms with Crippen molar-refractivity contribution in [3.05, 3.63) is 24.3 Å². The van der Waals surface area contributed by atoms with Gasteiger partial charge < -0.3 is 0 Å². The molecule has 0 saturated heterocycles. The van der Waals surface area contributed by atoms with E-state index >= 15 is 0 Å². The monoisotopic (exact) mass is 276 g/mol. The van der Waals surface area contributed by atoms with E-state index in [1.165, 1.54) is 77.0 Å². The van der Waals surface area contributed by atoms with Crippen molar-refractivity contribution in [3.8, 4) is 0 Å². The summed E-state index contributed by atoms with van der Waals surface area (Å²) in [5.41, 5.74) is 0. The van der Waals surface area contributed by atoms with Crippen LogP contribution < -0.4 is 0 Å². The average Bonchev–Trinajstić information content (AvgIpc) is 2.48. The fourth-order valence-electron chi connectivity index (χ4n) is 3.39. The Kier molecular flexibility index (Phi) is 10.7. The van der Waals surface area contributed by atoms with Gasteiger partial charge in [-0.05, 0) is 57.3 Å². The zero-order valence-corrected chi connectivity index (χ0v) is 13.9. The summed E-state index contributed by atoms with van der Waals surface area (Å²) < 4.78 is 0. The third-order valence-corrected chi connectivity index (χ3v) is 4.83. The van der Waals surface area contributed by atoms with Crippen molar-refractivity contribution < 1.29 is 0 Å². The summed E-state index contributed by atoms with van der Waals surface area (Å²) >= 11 is 0. The highest BCUT2D eigenvalue weighted by Gasteiger charge is 2.19. The fourth-order valence-corrected chi connectivity index (χ4v) is 3.39. The minimum Gasteiger partial charge on any atom is -0.0917 e. The van der Waals surface area contributed by atoms with Gasteiger partial charge in [0.05, 0.1) is 0 Å². The molecule has 0 aromatic carbocycles. The van der Waals surface area contributed by atoms with Crippen molar-refractivity contribution in [2.24, 2.45) is 11.8 Å². The number of hydrogen-bond donors (Lipinski definition) is 0. The first-order valence-electron chi connectivity index (χ1n) is 9.13. The zero-order valence-electron chi connectivity index (χ0n) is 13.9. The van der Waals surface area contributed by atoms with E-state index in [2.05, 4.69) is 38.2 Å². The van der Waals surface area contributed by atoms with Gasteiger partial charge in [-0.3, -0.25) is 0 Å². The lowest BCUT2D eigenvalue weighted by Crippen LogP contribution is -2.14. The summed E-state index contributed by atoms with van der Waals surface area (Å²) in [5.74, 6) is 2.04. The largest absolute Gasteiger partial charge is 0.0917 e. The predicted octanol–water partition coefficient (Wildman–Crippen LogP) is 7.07. The molecule has 0 aliphatic heterocycles. The minimum atomic E-state index is 1.02. The molecule has 1 rings (SSSR count). The van der Waals surface area contributed by atoms with E-state index in [4.69, 9.17) is 0 Å². The van der Waals surface area contributed by atoms with Crippen LogP contribution in [-0.4, -0.2) is 0 Å². The lowest BCUT2D eigenvalue weighted by Gasteiger charge is -2.28. The van der Waals surface area contributed by atoms with Crippen molar-refractivity contribution in [3.63, 3.8) is 0 Å². The Morgan fingerprint density at radius 3 is 1.85 bits per heavy atom. The third-order valence-electron chi connectivity index (χ3n) is 4.83. The molecule has 0 heterocycles. The highest BCUT2D eigenvalue weighted by Crippen LogP contribution is 2.33. The Morgan fingerprint density at radius 1 is 0.750 bits per heavy atom. The van der Waals surface area contributed by atoms with E-state index in [0.717, 1.165) is 11.8 Å². The second-order valence-corrected chi connectivity index (χ2v) is 6.58.